The van der Waals surface area contributed by atoms with Gasteiger partial charge in [-0.25, -0.2) is 0 Å². The summed E-state index contributed by atoms with van der Waals surface area (Å²) in [5, 5.41) is 9.17. The van der Waals surface area contributed by atoms with Gasteiger partial charge in [-0.05, 0) is 42.0 Å². The van der Waals surface area contributed by atoms with Crippen LogP contribution in [0.1, 0.15) is 11.1 Å². The second-order valence-corrected chi connectivity index (χ2v) is 4.20. The summed E-state index contributed by atoms with van der Waals surface area (Å²) in [6.07, 6.45) is 1.72. The first-order chi connectivity index (χ1) is 8.65. The maximum atomic E-state index is 9.17. The maximum absolute atomic E-state index is 9.17. The summed E-state index contributed by atoms with van der Waals surface area (Å²) in [5.74, 6) is 0.239. The fourth-order valence-electron chi connectivity index (χ4n) is 1.45. The van der Waals surface area contributed by atoms with Gasteiger partial charge in [-0.1, -0.05) is 24.4 Å². The minimum Gasteiger partial charge on any atom is -0.508 e. The number of thiocarbonyl (C=S) groups is 1. The number of benzene rings is 2. The van der Waals surface area contributed by atoms with Crippen molar-refractivity contribution in [2.24, 2.45) is 10.7 Å². The van der Waals surface area contributed by atoms with Crippen molar-refractivity contribution in [2.45, 2.75) is 0 Å². The molecule has 0 bridgehead atoms. The van der Waals surface area contributed by atoms with E-state index in [0.717, 1.165) is 16.8 Å². The zero-order chi connectivity index (χ0) is 13.0. The molecule has 3 N–H and O–H groups in total. The monoisotopic (exact) mass is 256 g/mol. The van der Waals surface area contributed by atoms with Crippen LogP contribution in [0.5, 0.6) is 5.75 Å². The Bertz CT molecular complexity index is 591. The Morgan fingerprint density at radius 2 is 1.89 bits per heavy atom. The normalized spacial score (nSPS) is 10.7. The van der Waals surface area contributed by atoms with Crippen molar-refractivity contribution in [1.82, 2.24) is 0 Å². The van der Waals surface area contributed by atoms with Gasteiger partial charge >= 0.3 is 0 Å². The first kappa shape index (κ1) is 12.3. The van der Waals surface area contributed by atoms with Gasteiger partial charge in [0, 0.05) is 11.8 Å². The molecule has 0 aliphatic carbocycles. The molecule has 0 saturated carbocycles. The first-order valence-electron chi connectivity index (χ1n) is 5.38. The summed E-state index contributed by atoms with van der Waals surface area (Å²) in [6.45, 7) is 0. The Labute approximate surface area is 111 Å². The number of nitrogens with zero attached hydrogens (tertiary/aromatic N) is 1. The highest BCUT2D eigenvalue weighted by Gasteiger charge is 1.96. The molecule has 4 heteroatoms. The first-order valence-corrected chi connectivity index (χ1v) is 5.79. The van der Waals surface area contributed by atoms with Crippen molar-refractivity contribution >= 4 is 29.1 Å². The van der Waals surface area contributed by atoms with Gasteiger partial charge in [0.05, 0.1) is 5.69 Å². The molecule has 0 amide bonds. The van der Waals surface area contributed by atoms with Crippen LogP contribution in [0.4, 0.5) is 5.69 Å². The largest absolute Gasteiger partial charge is 0.508 e. The third-order valence-corrected chi connectivity index (χ3v) is 2.62. The molecule has 0 spiro atoms. The zero-order valence-corrected chi connectivity index (χ0v) is 10.4. The van der Waals surface area contributed by atoms with E-state index in [4.69, 9.17) is 23.1 Å². The van der Waals surface area contributed by atoms with Crippen molar-refractivity contribution < 1.29 is 5.11 Å². The van der Waals surface area contributed by atoms with Crippen LogP contribution in [0, 0.1) is 0 Å². The number of aromatic hydroxyl groups is 1. The van der Waals surface area contributed by atoms with E-state index in [2.05, 4.69) is 4.99 Å². The van der Waals surface area contributed by atoms with Crippen molar-refractivity contribution in [1.29, 1.82) is 0 Å². The van der Waals surface area contributed by atoms with E-state index in [1.165, 1.54) is 0 Å². The van der Waals surface area contributed by atoms with Crippen LogP contribution in [-0.4, -0.2) is 16.3 Å². The molecule has 0 aliphatic rings. The van der Waals surface area contributed by atoms with Crippen molar-refractivity contribution in [3.05, 3.63) is 59.7 Å². The SMILES string of the molecule is NC(=S)c1cccc(N=Cc2ccc(O)cc2)c1. The number of aliphatic imine (C=N–C) groups is 1. The van der Waals surface area contributed by atoms with Crippen LogP contribution >= 0.6 is 12.2 Å². The van der Waals surface area contributed by atoms with Gasteiger partial charge in [-0.2, -0.15) is 0 Å². The van der Waals surface area contributed by atoms with Gasteiger partial charge < -0.3 is 10.8 Å². The highest BCUT2D eigenvalue weighted by atomic mass is 32.1. The third-order valence-electron chi connectivity index (χ3n) is 2.39. The van der Waals surface area contributed by atoms with Gasteiger partial charge in [0.2, 0.25) is 0 Å². The summed E-state index contributed by atoms with van der Waals surface area (Å²) >= 11 is 4.91. The zero-order valence-electron chi connectivity index (χ0n) is 9.58. The summed E-state index contributed by atoms with van der Waals surface area (Å²) in [4.78, 5) is 4.69. The van der Waals surface area contributed by atoms with E-state index in [1.54, 1.807) is 30.5 Å². The number of phenols is 1. The Balaban J connectivity index is 2.20. The van der Waals surface area contributed by atoms with Crippen LogP contribution in [0.3, 0.4) is 0 Å². The summed E-state index contributed by atoms with van der Waals surface area (Å²) in [7, 11) is 0. The van der Waals surface area contributed by atoms with Gasteiger partial charge in [0.25, 0.3) is 0 Å². The lowest BCUT2D eigenvalue weighted by Crippen LogP contribution is -2.08. The van der Waals surface area contributed by atoms with E-state index < -0.39 is 0 Å². The highest BCUT2D eigenvalue weighted by Crippen LogP contribution is 2.15. The smallest absolute Gasteiger partial charge is 0.115 e. The van der Waals surface area contributed by atoms with Crippen LogP contribution in [0.2, 0.25) is 0 Å². The average molecular weight is 256 g/mol. The molecular formula is C14H12N2OS. The molecule has 3 nitrogen and oxygen atoms in total. The summed E-state index contributed by atoms with van der Waals surface area (Å²) < 4.78 is 0. The topological polar surface area (TPSA) is 58.6 Å². The van der Waals surface area contributed by atoms with Gasteiger partial charge in [-0.15, -0.1) is 0 Å². The number of nitrogens with two attached hydrogens (primary N) is 1. The van der Waals surface area contributed by atoms with E-state index >= 15 is 0 Å². The second-order valence-electron chi connectivity index (χ2n) is 3.76. The molecule has 0 atom stereocenters. The highest BCUT2D eigenvalue weighted by molar-refractivity contribution is 7.80. The molecule has 0 aliphatic heterocycles. The number of phenolic OH excluding ortho intramolecular Hbond substituents is 1. The fraction of sp³-hybridized carbons (Fsp3) is 0. The Hall–Kier alpha value is -2.20. The van der Waals surface area contributed by atoms with E-state index in [-0.39, 0.29) is 5.75 Å². The lowest BCUT2D eigenvalue weighted by atomic mass is 10.2. The lowest BCUT2D eigenvalue weighted by molar-refractivity contribution is 0.475. The summed E-state index contributed by atoms with van der Waals surface area (Å²) in [5.41, 5.74) is 8.05. The second kappa shape index (κ2) is 5.42. The molecular weight excluding hydrogens is 244 g/mol. The third kappa shape index (κ3) is 3.15. The molecule has 0 unspecified atom stereocenters. The Kier molecular flexibility index (Phi) is 3.69. The van der Waals surface area contributed by atoms with E-state index in [9.17, 15) is 0 Å². The summed E-state index contributed by atoms with van der Waals surface area (Å²) in [6, 6.07) is 14.2. The molecule has 18 heavy (non-hydrogen) atoms. The van der Waals surface area contributed by atoms with Gasteiger partial charge in [-0.3, -0.25) is 4.99 Å². The van der Waals surface area contributed by atoms with Gasteiger partial charge in [0.15, 0.2) is 0 Å². The molecule has 0 saturated heterocycles. The number of rotatable bonds is 3. The Morgan fingerprint density at radius 1 is 1.17 bits per heavy atom. The van der Waals surface area contributed by atoms with E-state index in [1.807, 2.05) is 24.3 Å². The number of hydrogen-bond donors (Lipinski definition) is 2. The molecule has 90 valence electrons. The minimum absolute atomic E-state index is 0.239. The van der Waals surface area contributed by atoms with Crippen LogP contribution in [-0.2, 0) is 0 Å². The molecule has 0 radical (unpaired) electrons. The van der Waals surface area contributed by atoms with Gasteiger partial charge in [0.1, 0.15) is 10.7 Å². The molecule has 0 fully saturated rings. The average Bonchev–Trinajstić information content (AvgIpc) is 2.38. The minimum atomic E-state index is 0.239. The van der Waals surface area contributed by atoms with Crippen molar-refractivity contribution in [3.8, 4) is 5.75 Å². The lowest BCUT2D eigenvalue weighted by Gasteiger charge is -1.99. The molecule has 2 aromatic carbocycles. The van der Waals surface area contributed by atoms with Crippen LogP contribution < -0.4 is 5.73 Å². The van der Waals surface area contributed by atoms with Crippen LogP contribution in [0.15, 0.2) is 53.5 Å². The molecule has 2 rings (SSSR count). The quantitative estimate of drug-likeness (QED) is 0.655. The molecule has 0 heterocycles. The maximum Gasteiger partial charge on any atom is 0.115 e. The van der Waals surface area contributed by atoms with Crippen LogP contribution in [0.25, 0.3) is 0 Å². The standard InChI is InChI=1S/C14H12N2OS/c15-14(18)11-2-1-3-12(8-11)16-9-10-4-6-13(17)7-5-10/h1-9,17H,(H2,15,18). The Morgan fingerprint density at radius 3 is 2.56 bits per heavy atom. The van der Waals surface area contributed by atoms with Crippen molar-refractivity contribution in [3.63, 3.8) is 0 Å². The predicted octanol–water partition coefficient (Wildman–Crippen LogP) is 2.78. The predicted molar refractivity (Wildman–Crippen MR) is 77.7 cm³/mol. The fourth-order valence-corrected chi connectivity index (χ4v) is 1.58. The van der Waals surface area contributed by atoms with E-state index in [0.29, 0.717) is 4.99 Å². The number of hydrogen-bond acceptors (Lipinski definition) is 3. The molecule has 0 aromatic heterocycles. The van der Waals surface area contributed by atoms with Crippen molar-refractivity contribution in [2.75, 3.05) is 0 Å². The molecule has 2 aromatic rings.